The highest BCUT2D eigenvalue weighted by Gasteiger charge is 2.10. The molecule has 0 aliphatic carbocycles. The number of nitrogens with zero attached hydrogens (tertiary/aromatic N) is 2. The molecule has 0 bridgehead atoms. The number of ether oxygens (including phenoxy) is 1. The van der Waals surface area contributed by atoms with Crippen LogP contribution < -0.4 is 0 Å². The Morgan fingerprint density at radius 2 is 2.26 bits per heavy atom. The van der Waals surface area contributed by atoms with E-state index in [-0.39, 0.29) is 6.10 Å². The molecule has 2 heterocycles. The van der Waals surface area contributed by atoms with Crippen LogP contribution in [-0.2, 0) is 16.2 Å². The first kappa shape index (κ1) is 15.0. The predicted molar refractivity (Wildman–Crippen MR) is 84.0 cm³/mol. The second-order valence-electron chi connectivity index (χ2n) is 4.11. The third-order valence-corrected chi connectivity index (χ3v) is 5.66. The number of aryl methyl sites for hydroxylation is 1. The first-order chi connectivity index (χ1) is 9.19. The van der Waals surface area contributed by atoms with Crippen LogP contribution >= 0.6 is 34.4 Å². The maximum atomic E-state index is 5.55. The monoisotopic (exact) mass is 314 g/mol. The lowest BCUT2D eigenvalue weighted by molar-refractivity contribution is 0.0761. The topological polar surface area (TPSA) is 35.0 Å². The molecule has 19 heavy (non-hydrogen) atoms. The van der Waals surface area contributed by atoms with Crippen molar-refractivity contribution < 1.29 is 4.74 Å². The van der Waals surface area contributed by atoms with Gasteiger partial charge in [0.1, 0.15) is 11.1 Å². The number of thioether (sulfide) groups is 1. The summed E-state index contributed by atoms with van der Waals surface area (Å²) in [5.41, 5.74) is 1.15. The summed E-state index contributed by atoms with van der Waals surface area (Å²) in [7, 11) is 0. The molecule has 0 amide bonds. The van der Waals surface area contributed by atoms with Gasteiger partial charge in [0.15, 0.2) is 0 Å². The summed E-state index contributed by atoms with van der Waals surface area (Å²) < 4.78 is 5.55. The van der Waals surface area contributed by atoms with Gasteiger partial charge in [-0.1, -0.05) is 0 Å². The zero-order valence-electron chi connectivity index (χ0n) is 11.4. The summed E-state index contributed by atoms with van der Waals surface area (Å²) in [6.07, 6.45) is 2.08. The lowest BCUT2D eigenvalue weighted by Crippen LogP contribution is -1.98. The molecule has 0 N–H and O–H groups in total. The van der Waals surface area contributed by atoms with Crippen molar-refractivity contribution in [3.63, 3.8) is 0 Å². The van der Waals surface area contributed by atoms with Crippen LogP contribution in [0.2, 0.25) is 0 Å². The summed E-state index contributed by atoms with van der Waals surface area (Å²) in [5, 5.41) is 4.35. The quantitative estimate of drug-likeness (QED) is 0.757. The van der Waals surface area contributed by atoms with Gasteiger partial charge in [0.25, 0.3) is 0 Å². The van der Waals surface area contributed by atoms with Gasteiger partial charge < -0.3 is 4.74 Å². The van der Waals surface area contributed by atoms with Crippen molar-refractivity contribution in [1.82, 2.24) is 9.97 Å². The van der Waals surface area contributed by atoms with Gasteiger partial charge in [0, 0.05) is 34.6 Å². The third-order valence-electron chi connectivity index (χ3n) is 2.50. The minimum absolute atomic E-state index is 0.109. The largest absolute Gasteiger partial charge is 0.372 e. The van der Waals surface area contributed by atoms with E-state index < -0.39 is 0 Å². The van der Waals surface area contributed by atoms with Crippen molar-refractivity contribution in [1.29, 1.82) is 0 Å². The average molecular weight is 315 g/mol. The first-order valence-electron chi connectivity index (χ1n) is 6.24. The molecule has 3 nitrogen and oxygen atoms in total. The van der Waals surface area contributed by atoms with Crippen LogP contribution in [0.25, 0.3) is 0 Å². The normalized spacial score (nSPS) is 12.8. The van der Waals surface area contributed by atoms with Gasteiger partial charge in [-0.15, -0.1) is 34.4 Å². The van der Waals surface area contributed by atoms with Crippen molar-refractivity contribution in [2.24, 2.45) is 0 Å². The summed E-state index contributed by atoms with van der Waals surface area (Å²) >= 11 is 5.34. The zero-order valence-corrected chi connectivity index (χ0v) is 13.8. The zero-order chi connectivity index (χ0) is 13.7. The number of rotatable bonds is 7. The van der Waals surface area contributed by atoms with Crippen molar-refractivity contribution in [2.45, 2.75) is 38.4 Å². The molecule has 0 radical (unpaired) electrons. The molecule has 0 aliphatic rings. The Hall–Kier alpha value is -0.430. The Bertz CT molecular complexity index is 509. The summed E-state index contributed by atoms with van der Waals surface area (Å²) in [6.45, 7) is 6.84. The Kier molecular flexibility index (Phi) is 5.81. The molecular formula is C13H18N2OS3. The fourth-order valence-corrected chi connectivity index (χ4v) is 4.36. The summed E-state index contributed by atoms with van der Waals surface area (Å²) in [4.78, 5) is 10.2. The van der Waals surface area contributed by atoms with Gasteiger partial charge >= 0.3 is 0 Å². The molecule has 2 aromatic rings. The lowest BCUT2D eigenvalue weighted by atomic mass is 10.4. The van der Waals surface area contributed by atoms with Crippen LogP contribution in [0.5, 0.6) is 0 Å². The van der Waals surface area contributed by atoms with Crippen LogP contribution in [0.15, 0.2) is 11.6 Å². The first-order valence-corrected chi connectivity index (χ1v) is 9.09. The van der Waals surface area contributed by atoms with Gasteiger partial charge in [-0.25, -0.2) is 9.97 Å². The van der Waals surface area contributed by atoms with E-state index in [1.54, 1.807) is 22.7 Å². The summed E-state index contributed by atoms with van der Waals surface area (Å²) in [6, 6.07) is 0. The highest BCUT2D eigenvalue weighted by Crippen LogP contribution is 2.25. The fourth-order valence-electron chi connectivity index (χ4n) is 1.63. The fraction of sp³-hybridized carbons (Fsp3) is 0.538. The lowest BCUT2D eigenvalue weighted by Gasteiger charge is -2.06. The highest BCUT2D eigenvalue weighted by atomic mass is 32.2. The van der Waals surface area contributed by atoms with Crippen LogP contribution in [0.1, 0.15) is 40.5 Å². The van der Waals surface area contributed by atoms with Gasteiger partial charge in [-0.05, 0) is 20.8 Å². The van der Waals surface area contributed by atoms with E-state index in [2.05, 4.69) is 22.3 Å². The molecular weight excluding hydrogens is 296 g/mol. The maximum Gasteiger partial charge on any atom is 0.122 e. The van der Waals surface area contributed by atoms with Gasteiger partial charge in [-0.3, -0.25) is 0 Å². The second kappa shape index (κ2) is 7.38. The predicted octanol–water partition coefficient (Wildman–Crippen LogP) is 4.44. The van der Waals surface area contributed by atoms with Crippen molar-refractivity contribution in [3.05, 3.63) is 32.2 Å². The van der Waals surface area contributed by atoms with E-state index in [0.717, 1.165) is 33.8 Å². The number of hydrogen-bond donors (Lipinski definition) is 0. The van der Waals surface area contributed by atoms with Gasteiger partial charge in [0.2, 0.25) is 0 Å². The Labute approximate surface area is 126 Å². The Balaban J connectivity index is 1.80. The molecule has 1 atom stereocenters. The number of aromatic nitrogens is 2. The third kappa shape index (κ3) is 4.56. The van der Waals surface area contributed by atoms with Crippen LogP contribution in [0.4, 0.5) is 0 Å². The molecule has 0 aromatic carbocycles. The molecule has 2 rings (SSSR count). The molecule has 0 aliphatic heterocycles. The standard InChI is InChI=1S/C13H18N2OS3/c1-4-16-9(2)13-15-11(7-18-13)6-17-8-12-5-14-10(3)19-12/h5,7,9H,4,6,8H2,1-3H3/t9-/m1/s1. The van der Waals surface area contributed by atoms with E-state index >= 15 is 0 Å². The maximum absolute atomic E-state index is 5.55. The molecule has 6 heteroatoms. The number of thiazole rings is 2. The van der Waals surface area contributed by atoms with E-state index in [9.17, 15) is 0 Å². The van der Waals surface area contributed by atoms with Crippen molar-refractivity contribution >= 4 is 34.4 Å². The van der Waals surface area contributed by atoms with Crippen LogP contribution in [0, 0.1) is 6.92 Å². The molecule has 0 saturated carbocycles. The van der Waals surface area contributed by atoms with E-state index in [0.29, 0.717) is 0 Å². The SMILES string of the molecule is CCO[C@H](C)c1nc(CSCc2cnc(C)s2)cs1. The molecule has 0 unspecified atom stereocenters. The Morgan fingerprint density at radius 3 is 2.95 bits per heavy atom. The van der Waals surface area contributed by atoms with Gasteiger partial charge in [-0.2, -0.15) is 0 Å². The van der Waals surface area contributed by atoms with Crippen molar-refractivity contribution in [3.8, 4) is 0 Å². The molecule has 0 fully saturated rings. The van der Waals surface area contributed by atoms with E-state index in [1.807, 2.05) is 31.8 Å². The molecule has 0 spiro atoms. The van der Waals surface area contributed by atoms with Crippen molar-refractivity contribution in [2.75, 3.05) is 6.61 Å². The average Bonchev–Trinajstić information content (AvgIpc) is 2.99. The molecule has 0 saturated heterocycles. The smallest absolute Gasteiger partial charge is 0.122 e. The summed E-state index contributed by atoms with van der Waals surface area (Å²) in [5.74, 6) is 1.96. The second-order valence-corrected chi connectivity index (χ2v) is 7.31. The Morgan fingerprint density at radius 1 is 1.42 bits per heavy atom. The van der Waals surface area contributed by atoms with E-state index in [1.165, 1.54) is 4.88 Å². The molecule has 2 aromatic heterocycles. The van der Waals surface area contributed by atoms with Crippen LogP contribution in [0.3, 0.4) is 0 Å². The minimum Gasteiger partial charge on any atom is -0.372 e. The van der Waals surface area contributed by atoms with Gasteiger partial charge in [0.05, 0.1) is 10.7 Å². The number of hydrogen-bond acceptors (Lipinski definition) is 6. The minimum atomic E-state index is 0.109. The van der Waals surface area contributed by atoms with E-state index in [4.69, 9.17) is 4.74 Å². The van der Waals surface area contributed by atoms with Crippen LogP contribution in [-0.4, -0.2) is 16.6 Å². The highest BCUT2D eigenvalue weighted by molar-refractivity contribution is 7.97. The molecule has 104 valence electrons.